The van der Waals surface area contributed by atoms with Crippen LogP contribution in [0.4, 0.5) is 5.82 Å². The molecule has 1 amide bonds. The Morgan fingerprint density at radius 2 is 2.05 bits per heavy atom. The summed E-state index contributed by atoms with van der Waals surface area (Å²) in [7, 11) is 0. The molecular formula is C12H18N6O. The lowest BCUT2D eigenvalue weighted by atomic mass is 10.3. The van der Waals surface area contributed by atoms with Crippen molar-refractivity contribution in [3.05, 3.63) is 18.2 Å². The first-order valence-corrected chi connectivity index (χ1v) is 6.22. The number of aryl methyl sites for hydroxylation is 1. The third-order valence-corrected chi connectivity index (χ3v) is 2.67. The molecule has 0 aromatic carbocycles. The highest BCUT2D eigenvalue weighted by Crippen LogP contribution is 2.12. The number of amides is 1. The van der Waals surface area contributed by atoms with E-state index in [1.807, 2.05) is 25.2 Å². The number of aromatic nitrogens is 4. The number of hydrogen-bond donors (Lipinski definition) is 2. The number of nitrogens with zero attached hydrogens (tertiary/aromatic N) is 4. The minimum Gasteiger partial charge on any atom is -0.355 e. The van der Waals surface area contributed by atoms with Crippen LogP contribution in [0.2, 0.25) is 0 Å². The van der Waals surface area contributed by atoms with Gasteiger partial charge in [0.25, 0.3) is 0 Å². The first kappa shape index (κ1) is 13.3. The zero-order chi connectivity index (χ0) is 14.0. The van der Waals surface area contributed by atoms with E-state index in [9.17, 15) is 4.79 Å². The molecule has 0 aliphatic rings. The van der Waals surface area contributed by atoms with E-state index in [0.29, 0.717) is 11.5 Å². The third kappa shape index (κ3) is 2.81. The number of anilines is 1. The van der Waals surface area contributed by atoms with Crippen LogP contribution < -0.4 is 10.6 Å². The summed E-state index contributed by atoms with van der Waals surface area (Å²) in [6.45, 7) is 7.49. The highest BCUT2D eigenvalue weighted by atomic mass is 16.2. The lowest BCUT2D eigenvalue weighted by Crippen LogP contribution is -2.41. The average molecular weight is 262 g/mol. The van der Waals surface area contributed by atoms with Crippen LogP contribution in [0.15, 0.2) is 12.4 Å². The summed E-state index contributed by atoms with van der Waals surface area (Å²) in [4.78, 5) is 16.1. The Bertz CT molecular complexity index is 591. The summed E-state index contributed by atoms with van der Waals surface area (Å²) >= 11 is 0. The highest BCUT2D eigenvalue weighted by Gasteiger charge is 2.16. The van der Waals surface area contributed by atoms with E-state index in [1.54, 1.807) is 19.3 Å². The lowest BCUT2D eigenvalue weighted by Gasteiger charge is -2.16. The molecule has 1 atom stereocenters. The van der Waals surface area contributed by atoms with Crippen molar-refractivity contribution in [2.75, 3.05) is 5.32 Å². The summed E-state index contributed by atoms with van der Waals surface area (Å²) in [5.74, 6) is 1.25. The molecule has 0 saturated heterocycles. The predicted molar refractivity (Wildman–Crippen MR) is 71.9 cm³/mol. The van der Waals surface area contributed by atoms with Crippen LogP contribution in [-0.4, -0.2) is 37.6 Å². The average Bonchev–Trinajstić information content (AvgIpc) is 2.71. The molecule has 0 aliphatic heterocycles. The van der Waals surface area contributed by atoms with E-state index >= 15 is 0 Å². The minimum absolute atomic E-state index is 0.0740. The Morgan fingerprint density at radius 1 is 1.32 bits per heavy atom. The van der Waals surface area contributed by atoms with Crippen molar-refractivity contribution in [2.24, 2.45) is 0 Å². The molecule has 2 aromatic heterocycles. The van der Waals surface area contributed by atoms with Crippen LogP contribution in [0.1, 0.15) is 26.6 Å². The molecule has 7 nitrogen and oxygen atoms in total. The van der Waals surface area contributed by atoms with E-state index in [1.165, 1.54) is 0 Å². The Labute approximate surface area is 111 Å². The molecule has 2 heterocycles. The van der Waals surface area contributed by atoms with Gasteiger partial charge in [0, 0.05) is 18.4 Å². The fraction of sp³-hybridized carbons (Fsp3) is 0.500. The fourth-order valence-corrected chi connectivity index (χ4v) is 1.72. The number of fused-ring (bicyclic) bond motifs is 1. The minimum atomic E-state index is -0.391. The molecule has 19 heavy (non-hydrogen) atoms. The standard InChI is InChI=1S/C12H18N6O/c1-7(2)14-12(19)8(3)15-10-11-17-16-9(4)18(11)6-5-13-10/h5-8H,1-4H3,(H,13,15)(H,14,19). The van der Waals surface area contributed by atoms with Crippen LogP contribution in [-0.2, 0) is 4.79 Å². The molecule has 2 aromatic rings. The Kier molecular flexibility index (Phi) is 3.64. The van der Waals surface area contributed by atoms with Crippen molar-refractivity contribution >= 4 is 17.4 Å². The second kappa shape index (κ2) is 5.21. The summed E-state index contributed by atoms with van der Waals surface area (Å²) in [6, 6.07) is -0.283. The maximum atomic E-state index is 11.9. The van der Waals surface area contributed by atoms with Crippen LogP contribution in [0.25, 0.3) is 5.65 Å². The molecule has 2 N–H and O–H groups in total. The quantitative estimate of drug-likeness (QED) is 0.849. The number of rotatable bonds is 4. The molecule has 0 fully saturated rings. The Morgan fingerprint density at radius 3 is 2.74 bits per heavy atom. The predicted octanol–water partition coefficient (Wildman–Crippen LogP) is 0.758. The van der Waals surface area contributed by atoms with Gasteiger partial charge in [-0.25, -0.2) is 4.98 Å². The van der Waals surface area contributed by atoms with E-state index in [-0.39, 0.29) is 11.9 Å². The maximum Gasteiger partial charge on any atom is 0.242 e. The zero-order valence-corrected chi connectivity index (χ0v) is 11.5. The first-order chi connectivity index (χ1) is 8.99. The van der Waals surface area contributed by atoms with Crippen molar-refractivity contribution in [3.63, 3.8) is 0 Å². The second-order valence-electron chi connectivity index (χ2n) is 4.75. The van der Waals surface area contributed by atoms with Gasteiger partial charge in [-0.15, -0.1) is 10.2 Å². The van der Waals surface area contributed by atoms with Gasteiger partial charge < -0.3 is 10.6 Å². The van der Waals surface area contributed by atoms with Crippen LogP contribution >= 0.6 is 0 Å². The number of carbonyl (C=O) groups is 1. The molecule has 0 radical (unpaired) electrons. The van der Waals surface area contributed by atoms with Crippen molar-refractivity contribution in [1.82, 2.24) is 24.9 Å². The largest absolute Gasteiger partial charge is 0.355 e. The molecule has 102 valence electrons. The number of hydrogen-bond acceptors (Lipinski definition) is 5. The monoisotopic (exact) mass is 262 g/mol. The van der Waals surface area contributed by atoms with Gasteiger partial charge >= 0.3 is 0 Å². The van der Waals surface area contributed by atoms with E-state index < -0.39 is 6.04 Å². The van der Waals surface area contributed by atoms with Crippen molar-refractivity contribution in [3.8, 4) is 0 Å². The molecule has 0 spiro atoms. The van der Waals surface area contributed by atoms with Gasteiger partial charge in [0.2, 0.25) is 11.6 Å². The smallest absolute Gasteiger partial charge is 0.242 e. The molecule has 1 unspecified atom stereocenters. The molecule has 7 heteroatoms. The van der Waals surface area contributed by atoms with Gasteiger partial charge in [0.15, 0.2) is 5.82 Å². The topological polar surface area (TPSA) is 84.2 Å². The summed E-state index contributed by atoms with van der Waals surface area (Å²) in [6.07, 6.45) is 3.44. The lowest BCUT2D eigenvalue weighted by molar-refractivity contribution is -0.122. The maximum absolute atomic E-state index is 11.9. The molecular weight excluding hydrogens is 244 g/mol. The van der Waals surface area contributed by atoms with Gasteiger partial charge in [-0.3, -0.25) is 9.20 Å². The van der Waals surface area contributed by atoms with Crippen LogP contribution in [0, 0.1) is 6.92 Å². The molecule has 0 bridgehead atoms. The Hall–Kier alpha value is -2.18. The van der Waals surface area contributed by atoms with E-state index in [0.717, 1.165) is 5.82 Å². The van der Waals surface area contributed by atoms with Gasteiger partial charge in [-0.05, 0) is 27.7 Å². The number of carbonyl (C=O) groups excluding carboxylic acids is 1. The van der Waals surface area contributed by atoms with Crippen molar-refractivity contribution < 1.29 is 4.79 Å². The fourth-order valence-electron chi connectivity index (χ4n) is 1.72. The van der Waals surface area contributed by atoms with Gasteiger partial charge in [-0.2, -0.15) is 0 Å². The van der Waals surface area contributed by atoms with Gasteiger partial charge in [0.05, 0.1) is 0 Å². The third-order valence-electron chi connectivity index (χ3n) is 2.67. The number of nitrogens with one attached hydrogen (secondary N) is 2. The first-order valence-electron chi connectivity index (χ1n) is 6.22. The van der Waals surface area contributed by atoms with Crippen molar-refractivity contribution in [1.29, 1.82) is 0 Å². The van der Waals surface area contributed by atoms with Crippen LogP contribution in [0.5, 0.6) is 0 Å². The van der Waals surface area contributed by atoms with E-state index in [4.69, 9.17) is 0 Å². The summed E-state index contributed by atoms with van der Waals surface area (Å²) < 4.78 is 1.82. The van der Waals surface area contributed by atoms with Gasteiger partial charge in [-0.1, -0.05) is 0 Å². The van der Waals surface area contributed by atoms with Gasteiger partial charge in [0.1, 0.15) is 11.9 Å². The molecule has 0 saturated carbocycles. The second-order valence-corrected chi connectivity index (χ2v) is 4.75. The summed E-state index contributed by atoms with van der Waals surface area (Å²) in [5.41, 5.74) is 0.615. The van der Waals surface area contributed by atoms with Crippen molar-refractivity contribution in [2.45, 2.75) is 39.8 Å². The molecule has 0 aliphatic carbocycles. The normalized spacial score (nSPS) is 12.7. The Balaban J connectivity index is 2.19. The highest BCUT2D eigenvalue weighted by molar-refractivity contribution is 5.85. The van der Waals surface area contributed by atoms with E-state index in [2.05, 4.69) is 25.8 Å². The van der Waals surface area contributed by atoms with Crippen LogP contribution in [0.3, 0.4) is 0 Å². The SMILES string of the molecule is Cc1nnc2c(NC(C)C(=O)NC(C)C)nccn12. The molecule has 2 rings (SSSR count). The zero-order valence-electron chi connectivity index (χ0n) is 11.5. The summed E-state index contributed by atoms with van der Waals surface area (Å²) in [5, 5.41) is 13.9.